The Morgan fingerprint density at radius 1 is 1.36 bits per heavy atom. The van der Waals surface area contributed by atoms with Crippen molar-refractivity contribution >= 4 is 23.4 Å². The molecular formula is C16H17N5O3S. The van der Waals surface area contributed by atoms with Crippen LogP contribution < -0.4 is 15.9 Å². The number of carbonyl (C=O) groups excluding carboxylic acids is 1. The van der Waals surface area contributed by atoms with Gasteiger partial charge < -0.3 is 20.3 Å². The number of ether oxygens (including phenoxy) is 1. The first-order chi connectivity index (χ1) is 12.1. The Morgan fingerprint density at radius 2 is 2.20 bits per heavy atom. The molecule has 1 aromatic carbocycles. The van der Waals surface area contributed by atoms with E-state index in [0.29, 0.717) is 28.2 Å². The molecule has 130 valence electrons. The maximum atomic E-state index is 12.4. The van der Waals surface area contributed by atoms with E-state index in [1.54, 1.807) is 50.4 Å². The van der Waals surface area contributed by atoms with Crippen LogP contribution in [0.4, 0.5) is 5.69 Å². The van der Waals surface area contributed by atoms with Gasteiger partial charge in [0.15, 0.2) is 5.76 Å². The molecular weight excluding hydrogens is 342 g/mol. The molecule has 0 aliphatic rings. The standard InChI is InChI=1S/C16H17N5O3S/c1-10(15(22)18-11-5-3-6-12(9-11)23-2)25-16-20-19-14(21(16)17)13-7-4-8-24-13/h3-10H,17H2,1-2H3,(H,18,22)/t10-/m1/s1. The summed E-state index contributed by atoms with van der Waals surface area (Å²) >= 11 is 1.20. The molecule has 3 rings (SSSR count). The van der Waals surface area contributed by atoms with E-state index in [2.05, 4.69) is 15.5 Å². The van der Waals surface area contributed by atoms with Crippen molar-refractivity contribution in [2.75, 3.05) is 18.3 Å². The molecule has 1 atom stereocenters. The smallest absolute Gasteiger partial charge is 0.237 e. The fourth-order valence-corrected chi connectivity index (χ4v) is 2.86. The monoisotopic (exact) mass is 359 g/mol. The van der Waals surface area contributed by atoms with Crippen LogP contribution in [0, 0.1) is 0 Å². The number of nitrogens with one attached hydrogen (secondary N) is 1. The lowest BCUT2D eigenvalue weighted by molar-refractivity contribution is -0.115. The summed E-state index contributed by atoms with van der Waals surface area (Å²) in [5, 5.41) is 10.8. The Kier molecular flexibility index (Phi) is 4.94. The zero-order valence-corrected chi connectivity index (χ0v) is 14.5. The van der Waals surface area contributed by atoms with E-state index in [1.807, 2.05) is 0 Å². The number of carbonyl (C=O) groups is 1. The van der Waals surface area contributed by atoms with Crippen LogP contribution in [0.15, 0.2) is 52.2 Å². The fraction of sp³-hybridized carbons (Fsp3) is 0.188. The highest BCUT2D eigenvalue weighted by atomic mass is 32.2. The number of rotatable bonds is 6. The van der Waals surface area contributed by atoms with Crippen molar-refractivity contribution < 1.29 is 13.9 Å². The van der Waals surface area contributed by atoms with Gasteiger partial charge in [-0.1, -0.05) is 17.8 Å². The lowest BCUT2D eigenvalue weighted by Gasteiger charge is -2.12. The molecule has 0 saturated carbocycles. The maximum absolute atomic E-state index is 12.4. The van der Waals surface area contributed by atoms with Crippen LogP contribution in [0.25, 0.3) is 11.6 Å². The van der Waals surface area contributed by atoms with Crippen LogP contribution in [0.3, 0.4) is 0 Å². The molecule has 9 heteroatoms. The zero-order chi connectivity index (χ0) is 17.8. The first kappa shape index (κ1) is 16.9. The maximum Gasteiger partial charge on any atom is 0.237 e. The number of hydrogen-bond donors (Lipinski definition) is 2. The highest BCUT2D eigenvalue weighted by Crippen LogP contribution is 2.26. The quantitative estimate of drug-likeness (QED) is 0.514. The summed E-state index contributed by atoms with van der Waals surface area (Å²) in [5.41, 5.74) is 0.655. The molecule has 2 aromatic heterocycles. The van der Waals surface area contributed by atoms with Crippen LogP contribution in [0.1, 0.15) is 6.92 Å². The summed E-state index contributed by atoms with van der Waals surface area (Å²) in [4.78, 5) is 12.4. The summed E-state index contributed by atoms with van der Waals surface area (Å²) < 4.78 is 11.7. The lowest BCUT2D eigenvalue weighted by atomic mass is 10.3. The molecule has 25 heavy (non-hydrogen) atoms. The Bertz CT molecular complexity index is 863. The first-order valence-electron chi connectivity index (χ1n) is 7.44. The van der Waals surface area contributed by atoms with Gasteiger partial charge in [0.2, 0.25) is 16.9 Å². The number of nitrogens with two attached hydrogens (primary N) is 1. The van der Waals surface area contributed by atoms with Gasteiger partial charge in [-0.25, -0.2) is 4.68 Å². The van der Waals surface area contributed by atoms with E-state index in [4.69, 9.17) is 15.0 Å². The number of anilines is 1. The minimum Gasteiger partial charge on any atom is -0.497 e. The van der Waals surface area contributed by atoms with Crippen LogP contribution >= 0.6 is 11.8 Å². The third-order valence-corrected chi connectivity index (χ3v) is 4.45. The molecule has 8 nitrogen and oxygen atoms in total. The number of furan rings is 1. The highest BCUT2D eigenvalue weighted by molar-refractivity contribution is 8.00. The van der Waals surface area contributed by atoms with Crippen molar-refractivity contribution in [1.29, 1.82) is 0 Å². The summed E-state index contributed by atoms with van der Waals surface area (Å²) in [6, 6.07) is 10.6. The molecule has 0 aliphatic heterocycles. The molecule has 0 saturated heterocycles. The van der Waals surface area contributed by atoms with Crippen molar-refractivity contribution in [3.05, 3.63) is 42.7 Å². The van der Waals surface area contributed by atoms with Gasteiger partial charge in [0.25, 0.3) is 0 Å². The van der Waals surface area contributed by atoms with E-state index in [9.17, 15) is 4.79 Å². The van der Waals surface area contributed by atoms with E-state index in [1.165, 1.54) is 22.7 Å². The van der Waals surface area contributed by atoms with Crippen LogP contribution in [-0.2, 0) is 4.79 Å². The predicted molar refractivity (Wildman–Crippen MR) is 94.8 cm³/mol. The van der Waals surface area contributed by atoms with Gasteiger partial charge in [0.05, 0.1) is 18.6 Å². The number of amides is 1. The second kappa shape index (κ2) is 7.31. The summed E-state index contributed by atoms with van der Waals surface area (Å²) in [7, 11) is 1.57. The number of aromatic nitrogens is 3. The molecule has 2 heterocycles. The number of nitrogens with zero attached hydrogens (tertiary/aromatic N) is 3. The van der Waals surface area contributed by atoms with Gasteiger partial charge in [-0.2, -0.15) is 0 Å². The Morgan fingerprint density at radius 3 is 2.92 bits per heavy atom. The molecule has 0 bridgehead atoms. The van der Waals surface area contributed by atoms with Crippen molar-refractivity contribution in [1.82, 2.24) is 14.9 Å². The molecule has 0 unspecified atom stereocenters. The number of benzene rings is 1. The van der Waals surface area contributed by atoms with Crippen molar-refractivity contribution in [2.24, 2.45) is 0 Å². The van der Waals surface area contributed by atoms with E-state index >= 15 is 0 Å². The molecule has 3 aromatic rings. The molecule has 0 fully saturated rings. The highest BCUT2D eigenvalue weighted by Gasteiger charge is 2.21. The summed E-state index contributed by atoms with van der Waals surface area (Å²) in [5.74, 6) is 7.39. The topological polar surface area (TPSA) is 108 Å². The lowest BCUT2D eigenvalue weighted by Crippen LogP contribution is -2.23. The second-order valence-corrected chi connectivity index (χ2v) is 6.44. The van der Waals surface area contributed by atoms with Crippen LogP contribution in [0.2, 0.25) is 0 Å². The van der Waals surface area contributed by atoms with Crippen LogP contribution in [0.5, 0.6) is 5.75 Å². The van der Waals surface area contributed by atoms with E-state index in [0.717, 1.165) is 0 Å². The minimum absolute atomic E-state index is 0.180. The zero-order valence-electron chi connectivity index (χ0n) is 13.7. The third-order valence-electron chi connectivity index (χ3n) is 3.39. The Hall–Kier alpha value is -2.94. The number of nitrogen functional groups attached to an aromatic ring is 1. The number of methoxy groups -OCH3 is 1. The summed E-state index contributed by atoms with van der Waals surface area (Å²) in [6.07, 6.45) is 1.53. The molecule has 0 aliphatic carbocycles. The van der Waals surface area contributed by atoms with E-state index in [-0.39, 0.29) is 5.91 Å². The van der Waals surface area contributed by atoms with Crippen molar-refractivity contribution in [3.63, 3.8) is 0 Å². The minimum atomic E-state index is -0.429. The number of thioether (sulfide) groups is 1. The number of hydrogen-bond acceptors (Lipinski definition) is 7. The Balaban J connectivity index is 1.67. The van der Waals surface area contributed by atoms with E-state index < -0.39 is 5.25 Å². The third kappa shape index (κ3) is 3.77. The van der Waals surface area contributed by atoms with Gasteiger partial charge in [-0.15, -0.1) is 10.2 Å². The summed E-state index contributed by atoms with van der Waals surface area (Å²) in [6.45, 7) is 1.77. The normalized spacial score (nSPS) is 11.9. The average Bonchev–Trinajstić information content (AvgIpc) is 3.25. The molecule has 0 radical (unpaired) electrons. The fourth-order valence-electron chi connectivity index (χ4n) is 2.09. The van der Waals surface area contributed by atoms with Gasteiger partial charge in [0.1, 0.15) is 5.75 Å². The van der Waals surface area contributed by atoms with Crippen LogP contribution in [-0.4, -0.2) is 33.1 Å². The molecule has 1 amide bonds. The Labute approximate surface area is 148 Å². The predicted octanol–water partition coefficient (Wildman–Crippen LogP) is 2.38. The van der Waals surface area contributed by atoms with Gasteiger partial charge in [-0.3, -0.25) is 4.79 Å². The first-order valence-corrected chi connectivity index (χ1v) is 8.32. The average molecular weight is 359 g/mol. The molecule has 3 N–H and O–H groups in total. The second-order valence-electron chi connectivity index (χ2n) is 5.13. The SMILES string of the molecule is COc1cccc(NC(=O)[C@@H](C)Sc2nnc(-c3ccco3)n2N)c1. The van der Waals surface area contributed by atoms with Crippen molar-refractivity contribution in [3.8, 4) is 17.3 Å². The molecule has 0 spiro atoms. The van der Waals surface area contributed by atoms with Gasteiger partial charge in [0, 0.05) is 11.8 Å². The van der Waals surface area contributed by atoms with Crippen molar-refractivity contribution in [2.45, 2.75) is 17.3 Å². The van der Waals surface area contributed by atoms with Gasteiger partial charge >= 0.3 is 0 Å². The van der Waals surface area contributed by atoms with Gasteiger partial charge in [-0.05, 0) is 31.2 Å². The largest absolute Gasteiger partial charge is 0.497 e.